The SMILES string of the molecule is CCNC(=NCc1ccccc1CC)NCCCN(CC)S(C)(=O)=O.I. The Kier molecular flexibility index (Phi) is 12.9. The second-order valence-corrected chi connectivity index (χ2v) is 7.83. The smallest absolute Gasteiger partial charge is 0.211 e. The fourth-order valence-corrected chi connectivity index (χ4v) is 3.51. The maximum atomic E-state index is 11.6. The lowest BCUT2D eigenvalue weighted by Crippen LogP contribution is -2.39. The van der Waals surface area contributed by atoms with Gasteiger partial charge in [0, 0.05) is 26.2 Å². The van der Waals surface area contributed by atoms with Crippen molar-refractivity contribution in [3.05, 3.63) is 35.4 Å². The van der Waals surface area contributed by atoms with E-state index in [1.54, 1.807) is 0 Å². The highest BCUT2D eigenvalue weighted by Gasteiger charge is 2.13. The lowest BCUT2D eigenvalue weighted by molar-refractivity contribution is 0.424. The molecular weight excluding hydrogens is 463 g/mol. The molecule has 0 fully saturated rings. The van der Waals surface area contributed by atoms with Crippen molar-refractivity contribution in [2.75, 3.05) is 32.4 Å². The highest BCUT2D eigenvalue weighted by Crippen LogP contribution is 2.10. The van der Waals surface area contributed by atoms with Gasteiger partial charge in [0.15, 0.2) is 5.96 Å². The first-order chi connectivity index (χ1) is 11.9. The monoisotopic (exact) mass is 496 g/mol. The molecule has 0 unspecified atom stereocenters. The molecule has 0 aliphatic rings. The fourth-order valence-electron chi connectivity index (χ4n) is 2.58. The number of benzene rings is 1. The van der Waals surface area contributed by atoms with E-state index in [4.69, 9.17) is 0 Å². The normalized spacial score (nSPS) is 12.0. The number of aliphatic imine (C=N–C) groups is 1. The molecule has 0 bridgehead atoms. The first-order valence-electron chi connectivity index (χ1n) is 8.96. The second kappa shape index (κ2) is 13.3. The van der Waals surface area contributed by atoms with Crippen LogP contribution in [0, 0.1) is 0 Å². The first-order valence-corrected chi connectivity index (χ1v) is 10.8. The predicted molar refractivity (Wildman–Crippen MR) is 121 cm³/mol. The van der Waals surface area contributed by atoms with Crippen LogP contribution in [-0.2, 0) is 23.0 Å². The van der Waals surface area contributed by atoms with E-state index in [0.29, 0.717) is 26.2 Å². The van der Waals surface area contributed by atoms with Crippen molar-refractivity contribution in [3.63, 3.8) is 0 Å². The summed E-state index contributed by atoms with van der Waals surface area (Å²) in [6.07, 6.45) is 2.98. The Morgan fingerprint density at radius 2 is 1.77 bits per heavy atom. The molecule has 0 aromatic heterocycles. The van der Waals surface area contributed by atoms with Gasteiger partial charge in [-0.25, -0.2) is 17.7 Å². The van der Waals surface area contributed by atoms with Crippen molar-refractivity contribution in [1.82, 2.24) is 14.9 Å². The van der Waals surface area contributed by atoms with Crippen LogP contribution in [0.2, 0.25) is 0 Å². The summed E-state index contributed by atoms with van der Waals surface area (Å²) in [6, 6.07) is 8.33. The minimum Gasteiger partial charge on any atom is -0.357 e. The van der Waals surface area contributed by atoms with Crippen LogP contribution in [-0.4, -0.2) is 51.1 Å². The van der Waals surface area contributed by atoms with Gasteiger partial charge in [0.25, 0.3) is 0 Å². The number of sulfonamides is 1. The lowest BCUT2D eigenvalue weighted by atomic mass is 10.1. The summed E-state index contributed by atoms with van der Waals surface area (Å²) in [7, 11) is -3.12. The molecule has 0 atom stereocenters. The molecule has 6 nitrogen and oxygen atoms in total. The number of guanidine groups is 1. The Morgan fingerprint density at radius 1 is 1.12 bits per heavy atom. The molecule has 0 heterocycles. The molecule has 0 saturated heterocycles. The molecule has 0 saturated carbocycles. The van der Waals surface area contributed by atoms with E-state index in [0.717, 1.165) is 25.3 Å². The Balaban J connectivity index is 0.00000625. The third-order valence-electron chi connectivity index (χ3n) is 3.95. The number of halogens is 1. The summed E-state index contributed by atoms with van der Waals surface area (Å²) in [4.78, 5) is 4.64. The summed E-state index contributed by atoms with van der Waals surface area (Å²) < 4.78 is 24.6. The van der Waals surface area contributed by atoms with Crippen LogP contribution in [0.4, 0.5) is 0 Å². The zero-order valence-electron chi connectivity index (χ0n) is 16.3. The maximum absolute atomic E-state index is 11.6. The quantitative estimate of drug-likeness (QED) is 0.226. The molecule has 2 N–H and O–H groups in total. The molecule has 1 rings (SSSR count). The van der Waals surface area contributed by atoms with Gasteiger partial charge in [-0.3, -0.25) is 0 Å². The standard InChI is InChI=1S/C18H32N4O2S.HI/c1-5-16-11-8-9-12-17(16)15-21-18(19-6-2)20-13-10-14-22(7-3)25(4,23)24;/h8-9,11-12H,5-7,10,13-15H2,1-4H3,(H2,19,20,21);1H. The number of rotatable bonds is 10. The third kappa shape index (κ3) is 9.18. The van der Waals surface area contributed by atoms with Crippen molar-refractivity contribution in [1.29, 1.82) is 0 Å². The summed E-state index contributed by atoms with van der Waals surface area (Å²) in [5, 5.41) is 6.51. The Morgan fingerprint density at radius 3 is 2.31 bits per heavy atom. The van der Waals surface area contributed by atoms with E-state index in [9.17, 15) is 8.42 Å². The van der Waals surface area contributed by atoms with Crippen LogP contribution in [0.3, 0.4) is 0 Å². The minimum atomic E-state index is -3.12. The zero-order valence-corrected chi connectivity index (χ0v) is 19.4. The number of hydrogen-bond acceptors (Lipinski definition) is 3. The predicted octanol–water partition coefficient (Wildman–Crippen LogP) is 2.59. The molecule has 0 aliphatic heterocycles. The average Bonchev–Trinajstić information content (AvgIpc) is 2.58. The van der Waals surface area contributed by atoms with Crippen molar-refractivity contribution >= 4 is 40.0 Å². The number of nitrogens with zero attached hydrogens (tertiary/aromatic N) is 2. The Labute approximate surface area is 175 Å². The van der Waals surface area contributed by atoms with Crippen LogP contribution in [0.15, 0.2) is 29.3 Å². The maximum Gasteiger partial charge on any atom is 0.211 e. The van der Waals surface area contributed by atoms with E-state index >= 15 is 0 Å². The minimum absolute atomic E-state index is 0. The number of hydrogen-bond donors (Lipinski definition) is 2. The molecule has 0 spiro atoms. The first kappa shape index (κ1) is 25.1. The van der Waals surface area contributed by atoms with Gasteiger partial charge in [-0.05, 0) is 30.9 Å². The topological polar surface area (TPSA) is 73.8 Å². The molecule has 1 aromatic carbocycles. The van der Waals surface area contributed by atoms with Crippen LogP contribution in [0.1, 0.15) is 38.3 Å². The van der Waals surface area contributed by atoms with Gasteiger partial charge in [0.2, 0.25) is 10.0 Å². The molecule has 1 aromatic rings. The van der Waals surface area contributed by atoms with Crippen molar-refractivity contribution in [2.45, 2.75) is 40.2 Å². The summed E-state index contributed by atoms with van der Waals surface area (Å²) in [5.41, 5.74) is 2.55. The second-order valence-electron chi connectivity index (χ2n) is 5.85. The van der Waals surface area contributed by atoms with Crippen LogP contribution >= 0.6 is 24.0 Å². The molecule has 0 amide bonds. The van der Waals surface area contributed by atoms with Crippen LogP contribution in [0.25, 0.3) is 0 Å². The van der Waals surface area contributed by atoms with Crippen LogP contribution in [0.5, 0.6) is 0 Å². The van der Waals surface area contributed by atoms with E-state index in [-0.39, 0.29) is 24.0 Å². The largest absolute Gasteiger partial charge is 0.357 e. The van der Waals surface area contributed by atoms with Gasteiger partial charge < -0.3 is 10.6 Å². The molecular formula is C18H33IN4O2S. The van der Waals surface area contributed by atoms with E-state index in [1.807, 2.05) is 19.9 Å². The van der Waals surface area contributed by atoms with Crippen molar-refractivity contribution < 1.29 is 8.42 Å². The third-order valence-corrected chi connectivity index (χ3v) is 5.33. The summed E-state index contributed by atoms with van der Waals surface area (Å²) >= 11 is 0. The van der Waals surface area contributed by atoms with Crippen LogP contribution < -0.4 is 10.6 Å². The van der Waals surface area contributed by atoms with Crippen molar-refractivity contribution in [2.24, 2.45) is 4.99 Å². The molecule has 0 aliphatic carbocycles. The van der Waals surface area contributed by atoms with Gasteiger partial charge in [0.05, 0.1) is 12.8 Å². The Bertz CT molecular complexity index is 650. The average molecular weight is 496 g/mol. The number of aryl methyl sites for hydroxylation is 1. The molecule has 0 radical (unpaired) electrons. The molecule has 26 heavy (non-hydrogen) atoms. The highest BCUT2D eigenvalue weighted by atomic mass is 127. The van der Waals surface area contributed by atoms with E-state index < -0.39 is 10.0 Å². The van der Waals surface area contributed by atoms with Gasteiger partial charge >= 0.3 is 0 Å². The van der Waals surface area contributed by atoms with Gasteiger partial charge in [0.1, 0.15) is 0 Å². The summed E-state index contributed by atoms with van der Waals surface area (Å²) in [5.74, 6) is 0.760. The molecule has 8 heteroatoms. The zero-order chi connectivity index (χ0) is 18.7. The van der Waals surface area contributed by atoms with Crippen molar-refractivity contribution in [3.8, 4) is 0 Å². The summed E-state index contributed by atoms with van der Waals surface area (Å²) in [6.45, 7) is 9.13. The van der Waals surface area contributed by atoms with E-state index in [2.05, 4.69) is 40.7 Å². The van der Waals surface area contributed by atoms with Gasteiger partial charge in [-0.1, -0.05) is 38.1 Å². The van der Waals surface area contributed by atoms with Gasteiger partial charge in [-0.2, -0.15) is 0 Å². The molecule has 150 valence electrons. The highest BCUT2D eigenvalue weighted by molar-refractivity contribution is 14.0. The number of nitrogens with one attached hydrogen (secondary N) is 2. The fraction of sp³-hybridized carbons (Fsp3) is 0.611. The van der Waals surface area contributed by atoms with E-state index in [1.165, 1.54) is 21.7 Å². The Hall–Kier alpha value is -0.870. The van der Waals surface area contributed by atoms with Gasteiger partial charge in [-0.15, -0.1) is 24.0 Å². The lowest BCUT2D eigenvalue weighted by Gasteiger charge is -2.18.